The number of aryl methyl sites for hydroxylation is 2. The molecule has 0 aliphatic rings. The highest BCUT2D eigenvalue weighted by Gasteiger charge is 2.15. The third kappa shape index (κ3) is 4.12. The van der Waals surface area contributed by atoms with Crippen LogP contribution in [0.25, 0.3) is 5.69 Å². The molecular formula is C20H21N3OS. The van der Waals surface area contributed by atoms with Crippen LogP contribution in [0.2, 0.25) is 0 Å². The number of rotatable bonds is 5. The first-order valence-corrected chi connectivity index (χ1v) is 9.14. The Balaban J connectivity index is 1.70. The van der Waals surface area contributed by atoms with Crippen LogP contribution in [0.4, 0.5) is 5.69 Å². The molecule has 0 spiro atoms. The van der Waals surface area contributed by atoms with Gasteiger partial charge in [-0.1, -0.05) is 35.9 Å². The lowest BCUT2D eigenvalue weighted by Crippen LogP contribution is -2.15. The Kier molecular flexibility index (Phi) is 5.24. The molecule has 1 N–H and O–H groups in total. The fraction of sp³-hybridized carbons (Fsp3) is 0.200. The van der Waals surface area contributed by atoms with E-state index < -0.39 is 0 Å². The minimum Gasteiger partial charge on any atom is -0.322 e. The zero-order chi connectivity index (χ0) is 17.8. The summed E-state index contributed by atoms with van der Waals surface area (Å²) in [6.45, 7) is 5.93. The van der Waals surface area contributed by atoms with Crippen LogP contribution in [-0.2, 0) is 4.79 Å². The fourth-order valence-corrected chi connectivity index (χ4v) is 3.49. The quantitative estimate of drug-likeness (QED) is 0.687. The van der Waals surface area contributed by atoms with Crippen molar-refractivity contribution in [2.75, 3.05) is 11.1 Å². The van der Waals surface area contributed by atoms with Crippen molar-refractivity contribution in [3.63, 3.8) is 0 Å². The number of anilines is 1. The van der Waals surface area contributed by atoms with Crippen molar-refractivity contribution in [2.45, 2.75) is 25.7 Å². The van der Waals surface area contributed by atoms with Gasteiger partial charge in [-0.05, 0) is 45.0 Å². The summed E-state index contributed by atoms with van der Waals surface area (Å²) in [5.74, 6) is 0.351. The van der Waals surface area contributed by atoms with Crippen LogP contribution < -0.4 is 5.32 Å². The summed E-state index contributed by atoms with van der Waals surface area (Å²) in [6.07, 6.45) is 0. The molecule has 1 amide bonds. The van der Waals surface area contributed by atoms with Crippen molar-refractivity contribution in [1.82, 2.24) is 9.78 Å². The first-order valence-electron chi connectivity index (χ1n) is 8.15. The Morgan fingerprint density at radius 2 is 1.84 bits per heavy atom. The highest BCUT2D eigenvalue weighted by Crippen LogP contribution is 2.24. The predicted molar refractivity (Wildman–Crippen MR) is 104 cm³/mol. The summed E-state index contributed by atoms with van der Waals surface area (Å²) in [7, 11) is 0. The van der Waals surface area contributed by atoms with Gasteiger partial charge in [-0.25, -0.2) is 4.68 Å². The maximum atomic E-state index is 12.4. The molecule has 5 heteroatoms. The molecule has 1 heterocycles. The molecule has 128 valence electrons. The van der Waals surface area contributed by atoms with Crippen LogP contribution in [0, 0.1) is 20.8 Å². The number of nitrogens with zero attached hydrogens (tertiary/aromatic N) is 2. The van der Waals surface area contributed by atoms with Gasteiger partial charge in [0.05, 0.1) is 28.5 Å². The topological polar surface area (TPSA) is 46.9 Å². The number of nitrogens with one attached hydrogen (secondary N) is 1. The number of carbonyl (C=O) groups excluding carboxylic acids is 1. The van der Waals surface area contributed by atoms with E-state index in [9.17, 15) is 4.79 Å². The molecule has 3 rings (SSSR count). The van der Waals surface area contributed by atoms with E-state index in [1.807, 2.05) is 61.0 Å². The largest absolute Gasteiger partial charge is 0.322 e. The fourth-order valence-electron chi connectivity index (χ4n) is 2.67. The monoisotopic (exact) mass is 351 g/mol. The lowest BCUT2D eigenvalue weighted by Gasteiger charge is -2.07. The van der Waals surface area contributed by atoms with Gasteiger partial charge < -0.3 is 5.32 Å². The molecule has 0 radical (unpaired) electrons. The molecule has 0 bridgehead atoms. The van der Waals surface area contributed by atoms with Crippen molar-refractivity contribution in [1.29, 1.82) is 0 Å². The zero-order valence-corrected chi connectivity index (χ0v) is 15.4. The van der Waals surface area contributed by atoms with Crippen molar-refractivity contribution < 1.29 is 4.79 Å². The van der Waals surface area contributed by atoms with Gasteiger partial charge in [0.2, 0.25) is 5.91 Å². The Labute approximate surface area is 152 Å². The molecule has 0 fully saturated rings. The van der Waals surface area contributed by atoms with Gasteiger partial charge in [0.15, 0.2) is 0 Å². The second-order valence-electron chi connectivity index (χ2n) is 5.95. The molecule has 2 aromatic carbocycles. The molecular weight excluding hydrogens is 330 g/mol. The zero-order valence-electron chi connectivity index (χ0n) is 14.6. The van der Waals surface area contributed by atoms with Gasteiger partial charge in [0.1, 0.15) is 0 Å². The smallest absolute Gasteiger partial charge is 0.234 e. The van der Waals surface area contributed by atoms with Crippen molar-refractivity contribution >= 4 is 23.4 Å². The molecule has 1 aromatic heterocycles. The summed E-state index contributed by atoms with van der Waals surface area (Å²) < 4.78 is 1.86. The van der Waals surface area contributed by atoms with Crippen LogP contribution in [0.5, 0.6) is 0 Å². The number of para-hydroxylation sites is 1. The van der Waals surface area contributed by atoms with E-state index in [-0.39, 0.29) is 5.91 Å². The Bertz CT molecular complexity index is 887. The van der Waals surface area contributed by atoms with Gasteiger partial charge in [0, 0.05) is 4.90 Å². The third-order valence-electron chi connectivity index (χ3n) is 3.92. The molecule has 0 saturated carbocycles. The first-order chi connectivity index (χ1) is 12.0. The van der Waals surface area contributed by atoms with E-state index in [1.165, 1.54) is 17.3 Å². The van der Waals surface area contributed by atoms with Crippen LogP contribution >= 0.6 is 11.8 Å². The standard InChI is InChI=1S/C20H21N3OS/c1-14-8-7-11-18(12-14)25-13-19(24)21-20-15(2)22-23(16(20)3)17-9-5-4-6-10-17/h4-12H,13H2,1-3H3,(H,21,24). The number of thioether (sulfide) groups is 1. The van der Waals surface area contributed by atoms with E-state index in [1.54, 1.807) is 0 Å². The normalized spacial score (nSPS) is 10.7. The molecule has 3 aromatic rings. The number of hydrogen-bond acceptors (Lipinski definition) is 3. The summed E-state index contributed by atoms with van der Waals surface area (Å²) >= 11 is 1.54. The van der Waals surface area contributed by atoms with E-state index in [4.69, 9.17) is 0 Å². The Hall–Kier alpha value is -2.53. The van der Waals surface area contributed by atoms with Crippen molar-refractivity contribution in [3.8, 4) is 5.69 Å². The summed E-state index contributed by atoms with van der Waals surface area (Å²) in [5.41, 5.74) is 4.71. The average molecular weight is 351 g/mol. The molecule has 4 nitrogen and oxygen atoms in total. The van der Waals surface area contributed by atoms with Crippen molar-refractivity contribution in [3.05, 3.63) is 71.5 Å². The van der Waals surface area contributed by atoms with Crippen LogP contribution in [0.3, 0.4) is 0 Å². The SMILES string of the molecule is Cc1cccc(SCC(=O)Nc2c(C)nn(-c3ccccc3)c2C)c1. The first kappa shape index (κ1) is 17.3. The molecule has 0 aliphatic heterocycles. The Morgan fingerprint density at radius 1 is 1.08 bits per heavy atom. The van der Waals surface area contributed by atoms with Gasteiger partial charge in [-0.2, -0.15) is 5.10 Å². The van der Waals surface area contributed by atoms with Gasteiger partial charge in [-0.3, -0.25) is 4.79 Å². The second-order valence-corrected chi connectivity index (χ2v) is 7.00. The van der Waals surface area contributed by atoms with E-state index in [0.29, 0.717) is 5.75 Å². The molecule has 25 heavy (non-hydrogen) atoms. The minimum atomic E-state index is -0.0229. The number of hydrogen-bond donors (Lipinski definition) is 1. The number of amides is 1. The maximum absolute atomic E-state index is 12.4. The van der Waals surface area contributed by atoms with Crippen molar-refractivity contribution in [2.24, 2.45) is 0 Å². The van der Waals surface area contributed by atoms with Crippen LogP contribution in [0.1, 0.15) is 17.0 Å². The highest BCUT2D eigenvalue weighted by molar-refractivity contribution is 8.00. The highest BCUT2D eigenvalue weighted by atomic mass is 32.2. The summed E-state index contributed by atoms with van der Waals surface area (Å²) in [6, 6.07) is 18.1. The Morgan fingerprint density at radius 3 is 2.56 bits per heavy atom. The minimum absolute atomic E-state index is 0.0229. The lowest BCUT2D eigenvalue weighted by atomic mass is 10.2. The predicted octanol–water partition coefficient (Wildman–Crippen LogP) is 4.53. The third-order valence-corrected chi connectivity index (χ3v) is 4.91. The van der Waals surface area contributed by atoms with Gasteiger partial charge in [-0.15, -0.1) is 11.8 Å². The van der Waals surface area contributed by atoms with E-state index in [2.05, 4.69) is 29.5 Å². The summed E-state index contributed by atoms with van der Waals surface area (Å²) in [5, 5.41) is 7.57. The average Bonchev–Trinajstić information content (AvgIpc) is 2.89. The van der Waals surface area contributed by atoms with E-state index in [0.717, 1.165) is 27.7 Å². The van der Waals surface area contributed by atoms with Crippen LogP contribution in [-0.4, -0.2) is 21.4 Å². The molecule has 0 unspecified atom stereocenters. The van der Waals surface area contributed by atoms with Crippen LogP contribution in [0.15, 0.2) is 59.5 Å². The number of aromatic nitrogens is 2. The van der Waals surface area contributed by atoms with E-state index >= 15 is 0 Å². The van der Waals surface area contributed by atoms with Gasteiger partial charge in [0.25, 0.3) is 0 Å². The molecule has 0 saturated heterocycles. The van der Waals surface area contributed by atoms with Gasteiger partial charge >= 0.3 is 0 Å². The molecule has 0 aliphatic carbocycles. The summed E-state index contributed by atoms with van der Waals surface area (Å²) in [4.78, 5) is 13.5. The lowest BCUT2D eigenvalue weighted by molar-refractivity contribution is -0.113. The number of benzene rings is 2. The second kappa shape index (κ2) is 7.57. The maximum Gasteiger partial charge on any atom is 0.234 e. The molecule has 0 atom stereocenters. The number of carbonyl (C=O) groups is 1.